The molecule has 1 heterocycles. The van der Waals surface area contributed by atoms with Crippen molar-refractivity contribution in [3.8, 4) is 0 Å². The number of hydrogen-bond acceptors (Lipinski definition) is 3. The molecule has 19 heavy (non-hydrogen) atoms. The Morgan fingerprint density at radius 3 is 3.00 bits per heavy atom. The van der Waals surface area contributed by atoms with E-state index in [-0.39, 0.29) is 5.82 Å². The van der Waals surface area contributed by atoms with Crippen LogP contribution in [-0.4, -0.2) is 16.0 Å². The number of hydrogen-bond donors (Lipinski definition) is 2. The highest BCUT2D eigenvalue weighted by molar-refractivity contribution is 7.98. The molecule has 2 rings (SSSR count). The van der Waals surface area contributed by atoms with Crippen molar-refractivity contribution in [3.63, 3.8) is 0 Å². The normalized spacial score (nSPS) is 11.2. The summed E-state index contributed by atoms with van der Waals surface area (Å²) in [5.41, 5.74) is 1.07. The molecule has 0 unspecified atom stereocenters. The Morgan fingerprint density at radius 2 is 2.26 bits per heavy atom. The molecule has 0 atom stereocenters. The molecule has 0 radical (unpaired) electrons. The molecule has 1 aromatic heterocycles. The van der Waals surface area contributed by atoms with Crippen LogP contribution in [0.4, 0.5) is 4.39 Å². The van der Waals surface area contributed by atoms with Gasteiger partial charge in [-0.2, -0.15) is 0 Å². The lowest BCUT2D eigenvalue weighted by atomic mass is 10.3. The summed E-state index contributed by atoms with van der Waals surface area (Å²) < 4.78 is 13.0. The summed E-state index contributed by atoms with van der Waals surface area (Å²) in [5.74, 6) is 1.42. The number of halogens is 1. The second-order valence-electron chi connectivity index (χ2n) is 4.64. The molecule has 0 aliphatic heterocycles. The number of rotatable bonds is 6. The highest BCUT2D eigenvalue weighted by Crippen LogP contribution is 2.21. The van der Waals surface area contributed by atoms with Crippen molar-refractivity contribution in [1.29, 1.82) is 0 Å². The van der Waals surface area contributed by atoms with Gasteiger partial charge in [0.05, 0.1) is 5.75 Å². The van der Waals surface area contributed by atoms with Crippen LogP contribution in [0.1, 0.15) is 25.4 Å². The predicted molar refractivity (Wildman–Crippen MR) is 76.5 cm³/mol. The number of imidazole rings is 1. The molecule has 0 aliphatic rings. The second kappa shape index (κ2) is 6.73. The lowest BCUT2D eigenvalue weighted by Crippen LogP contribution is -2.21. The van der Waals surface area contributed by atoms with Crippen LogP contribution in [0, 0.1) is 5.82 Å². The van der Waals surface area contributed by atoms with Gasteiger partial charge in [0.1, 0.15) is 11.6 Å². The Bertz CT molecular complexity index is 525. The van der Waals surface area contributed by atoms with E-state index in [1.54, 1.807) is 17.8 Å². The van der Waals surface area contributed by atoms with Crippen molar-refractivity contribution < 1.29 is 4.39 Å². The SMILES string of the molecule is CC(C)NCc1cnc(CSc2cccc(F)c2)[nH]1. The zero-order valence-corrected chi connectivity index (χ0v) is 11.9. The molecule has 0 fully saturated rings. The van der Waals surface area contributed by atoms with Crippen LogP contribution < -0.4 is 5.32 Å². The van der Waals surface area contributed by atoms with Crippen molar-refractivity contribution >= 4 is 11.8 Å². The summed E-state index contributed by atoms with van der Waals surface area (Å²) in [6, 6.07) is 7.06. The topological polar surface area (TPSA) is 40.7 Å². The van der Waals surface area contributed by atoms with E-state index in [2.05, 4.69) is 29.1 Å². The summed E-state index contributed by atoms with van der Waals surface area (Å²) in [5, 5.41) is 3.33. The summed E-state index contributed by atoms with van der Waals surface area (Å²) in [6.45, 7) is 5.00. The van der Waals surface area contributed by atoms with Gasteiger partial charge in [-0.3, -0.25) is 0 Å². The van der Waals surface area contributed by atoms with E-state index < -0.39 is 0 Å². The van der Waals surface area contributed by atoms with Crippen LogP contribution in [0.2, 0.25) is 0 Å². The van der Waals surface area contributed by atoms with Crippen LogP contribution in [0.15, 0.2) is 35.4 Å². The minimum atomic E-state index is -0.203. The van der Waals surface area contributed by atoms with E-state index in [0.717, 1.165) is 23.0 Å². The lowest BCUT2D eigenvalue weighted by Gasteiger charge is -2.05. The quantitative estimate of drug-likeness (QED) is 0.797. The monoisotopic (exact) mass is 279 g/mol. The smallest absolute Gasteiger partial charge is 0.124 e. The van der Waals surface area contributed by atoms with Gasteiger partial charge in [0.15, 0.2) is 0 Å². The molecule has 0 aliphatic carbocycles. The Hall–Kier alpha value is -1.33. The molecule has 0 saturated heterocycles. The summed E-state index contributed by atoms with van der Waals surface area (Å²) in [4.78, 5) is 8.50. The minimum Gasteiger partial charge on any atom is -0.344 e. The third kappa shape index (κ3) is 4.69. The van der Waals surface area contributed by atoms with E-state index in [0.29, 0.717) is 11.8 Å². The van der Waals surface area contributed by atoms with E-state index in [9.17, 15) is 4.39 Å². The van der Waals surface area contributed by atoms with Gasteiger partial charge in [0.2, 0.25) is 0 Å². The first-order valence-electron chi connectivity index (χ1n) is 6.28. The Kier molecular flexibility index (Phi) is 4.99. The predicted octanol–water partition coefficient (Wildman–Crippen LogP) is 3.34. The van der Waals surface area contributed by atoms with Crippen LogP contribution in [0.5, 0.6) is 0 Å². The third-order valence-corrected chi connectivity index (χ3v) is 3.56. The molecule has 1 aromatic carbocycles. The molecule has 2 N–H and O–H groups in total. The summed E-state index contributed by atoms with van der Waals surface area (Å²) >= 11 is 1.57. The fraction of sp³-hybridized carbons (Fsp3) is 0.357. The van der Waals surface area contributed by atoms with Gasteiger partial charge in [0, 0.05) is 29.4 Å². The van der Waals surface area contributed by atoms with E-state index in [1.807, 2.05) is 12.3 Å². The number of thioether (sulfide) groups is 1. The van der Waals surface area contributed by atoms with Gasteiger partial charge in [-0.1, -0.05) is 19.9 Å². The molecule has 2 aromatic rings. The van der Waals surface area contributed by atoms with Gasteiger partial charge < -0.3 is 10.3 Å². The van der Waals surface area contributed by atoms with Crippen LogP contribution in [0.25, 0.3) is 0 Å². The van der Waals surface area contributed by atoms with E-state index in [4.69, 9.17) is 0 Å². The van der Waals surface area contributed by atoms with E-state index in [1.165, 1.54) is 12.1 Å². The van der Waals surface area contributed by atoms with Crippen molar-refractivity contribution in [1.82, 2.24) is 15.3 Å². The molecule has 0 bridgehead atoms. The number of aromatic nitrogens is 2. The van der Waals surface area contributed by atoms with Gasteiger partial charge in [-0.15, -0.1) is 11.8 Å². The lowest BCUT2D eigenvalue weighted by molar-refractivity contribution is 0.582. The highest BCUT2D eigenvalue weighted by Gasteiger charge is 2.03. The molecule has 0 saturated carbocycles. The van der Waals surface area contributed by atoms with Crippen molar-refractivity contribution in [2.45, 2.75) is 37.1 Å². The molecule has 5 heteroatoms. The van der Waals surface area contributed by atoms with Gasteiger partial charge in [-0.25, -0.2) is 9.37 Å². The first-order valence-corrected chi connectivity index (χ1v) is 7.26. The van der Waals surface area contributed by atoms with E-state index >= 15 is 0 Å². The average Bonchev–Trinajstić information content (AvgIpc) is 2.82. The average molecular weight is 279 g/mol. The first-order chi connectivity index (χ1) is 9.13. The molecular weight excluding hydrogens is 261 g/mol. The zero-order valence-electron chi connectivity index (χ0n) is 11.1. The third-order valence-electron chi connectivity index (χ3n) is 2.55. The fourth-order valence-electron chi connectivity index (χ4n) is 1.59. The van der Waals surface area contributed by atoms with Crippen LogP contribution >= 0.6 is 11.8 Å². The molecule has 0 spiro atoms. The Balaban J connectivity index is 1.86. The largest absolute Gasteiger partial charge is 0.344 e. The fourth-order valence-corrected chi connectivity index (χ4v) is 2.41. The number of nitrogens with zero attached hydrogens (tertiary/aromatic N) is 1. The van der Waals surface area contributed by atoms with Gasteiger partial charge in [-0.05, 0) is 18.2 Å². The maximum absolute atomic E-state index is 13.0. The molecular formula is C14H18FN3S. The van der Waals surface area contributed by atoms with Gasteiger partial charge >= 0.3 is 0 Å². The van der Waals surface area contributed by atoms with Crippen molar-refractivity contribution in [2.24, 2.45) is 0 Å². The minimum absolute atomic E-state index is 0.203. The highest BCUT2D eigenvalue weighted by atomic mass is 32.2. The zero-order chi connectivity index (χ0) is 13.7. The van der Waals surface area contributed by atoms with Crippen molar-refractivity contribution in [3.05, 3.63) is 47.8 Å². The van der Waals surface area contributed by atoms with Crippen LogP contribution in [-0.2, 0) is 12.3 Å². The Morgan fingerprint density at radius 1 is 1.42 bits per heavy atom. The maximum Gasteiger partial charge on any atom is 0.124 e. The molecule has 0 amide bonds. The molecule has 3 nitrogen and oxygen atoms in total. The first kappa shape index (κ1) is 14.1. The number of aromatic amines is 1. The standard InChI is InChI=1S/C14H18FN3S/c1-10(2)16-7-12-8-17-14(18-12)9-19-13-5-3-4-11(15)6-13/h3-6,8,10,16H,7,9H2,1-2H3,(H,17,18). The number of H-pyrrole nitrogens is 1. The Labute approximate surface area is 117 Å². The maximum atomic E-state index is 13.0. The second-order valence-corrected chi connectivity index (χ2v) is 5.69. The summed E-state index contributed by atoms with van der Waals surface area (Å²) in [6.07, 6.45) is 1.84. The molecule has 102 valence electrons. The summed E-state index contributed by atoms with van der Waals surface area (Å²) in [7, 11) is 0. The van der Waals surface area contributed by atoms with Gasteiger partial charge in [0.25, 0.3) is 0 Å². The van der Waals surface area contributed by atoms with Crippen molar-refractivity contribution in [2.75, 3.05) is 0 Å². The number of nitrogens with one attached hydrogen (secondary N) is 2. The van der Waals surface area contributed by atoms with Crippen LogP contribution in [0.3, 0.4) is 0 Å². The number of benzene rings is 1.